The molecule has 0 saturated heterocycles. The number of carbonyl (C=O) groups is 1. The third-order valence-corrected chi connectivity index (χ3v) is 5.05. The van der Waals surface area contributed by atoms with Crippen LogP contribution >= 0.6 is 23.4 Å². The Hall–Kier alpha value is -2.50. The number of nitrogens with two attached hydrogens (primary N) is 1. The van der Waals surface area contributed by atoms with Gasteiger partial charge in [0.25, 0.3) is 5.91 Å². The van der Waals surface area contributed by atoms with Crippen LogP contribution < -0.4 is 11.1 Å². The molecule has 0 aliphatic heterocycles. The number of halogens is 2. The number of benzene rings is 3. The van der Waals surface area contributed by atoms with E-state index in [1.54, 1.807) is 11.8 Å². The normalized spacial score (nSPS) is 10.5. The van der Waals surface area contributed by atoms with Crippen molar-refractivity contribution in [2.45, 2.75) is 16.3 Å². The van der Waals surface area contributed by atoms with Gasteiger partial charge < -0.3 is 11.1 Å². The number of hydrogen-bond donors (Lipinski definition) is 2. The largest absolute Gasteiger partial charge is 0.398 e. The predicted octanol–water partition coefficient (Wildman–Crippen LogP) is 5.14. The van der Waals surface area contributed by atoms with Crippen molar-refractivity contribution in [2.75, 3.05) is 5.73 Å². The number of amides is 1. The van der Waals surface area contributed by atoms with Gasteiger partial charge >= 0.3 is 0 Å². The van der Waals surface area contributed by atoms with Gasteiger partial charge in [-0.3, -0.25) is 4.79 Å². The Morgan fingerprint density at radius 3 is 2.62 bits per heavy atom. The minimum absolute atomic E-state index is 0.115. The summed E-state index contributed by atoms with van der Waals surface area (Å²) in [6.45, 7) is 0.254. The Morgan fingerprint density at radius 2 is 1.85 bits per heavy atom. The third-order valence-electron chi connectivity index (χ3n) is 3.69. The first-order valence-corrected chi connectivity index (χ1v) is 9.07. The molecule has 0 aromatic heterocycles. The molecule has 0 saturated carbocycles. The van der Waals surface area contributed by atoms with Crippen LogP contribution in [0.5, 0.6) is 0 Å². The quantitative estimate of drug-likeness (QED) is 0.597. The average Bonchev–Trinajstić information content (AvgIpc) is 2.64. The summed E-state index contributed by atoms with van der Waals surface area (Å²) in [6, 6.07) is 19.2. The van der Waals surface area contributed by atoms with Crippen LogP contribution in [-0.4, -0.2) is 5.91 Å². The van der Waals surface area contributed by atoms with Crippen LogP contribution in [0.2, 0.25) is 5.02 Å². The van der Waals surface area contributed by atoms with Gasteiger partial charge in [0.05, 0.1) is 5.56 Å². The van der Waals surface area contributed by atoms with Crippen LogP contribution in [0.3, 0.4) is 0 Å². The van der Waals surface area contributed by atoms with Gasteiger partial charge in [0.2, 0.25) is 0 Å². The van der Waals surface area contributed by atoms with Gasteiger partial charge in [-0.25, -0.2) is 4.39 Å². The Bertz CT molecular complexity index is 934. The zero-order chi connectivity index (χ0) is 18.5. The number of carbonyl (C=O) groups excluding carboxylic acids is 1. The number of nitrogens with one attached hydrogen (secondary N) is 1. The zero-order valence-electron chi connectivity index (χ0n) is 13.7. The van der Waals surface area contributed by atoms with Gasteiger partial charge in [0.1, 0.15) is 5.82 Å². The standard InChI is InChI=1S/C20H16ClFN2OS/c21-14-6-9-19(26-16-4-2-1-3-5-16)13(10-14)12-24-20(25)17-11-15(22)7-8-18(17)23/h1-11H,12,23H2,(H,24,25). The predicted molar refractivity (Wildman–Crippen MR) is 104 cm³/mol. The highest BCUT2D eigenvalue weighted by atomic mass is 35.5. The molecule has 0 heterocycles. The van der Waals surface area contributed by atoms with E-state index >= 15 is 0 Å². The van der Waals surface area contributed by atoms with Gasteiger partial charge in [0.15, 0.2) is 0 Å². The van der Waals surface area contributed by atoms with E-state index in [4.69, 9.17) is 17.3 Å². The van der Waals surface area contributed by atoms with Crippen molar-refractivity contribution in [2.24, 2.45) is 0 Å². The van der Waals surface area contributed by atoms with Gasteiger partial charge in [-0.05, 0) is 54.1 Å². The van der Waals surface area contributed by atoms with E-state index in [0.29, 0.717) is 5.02 Å². The Kier molecular flexibility index (Phi) is 5.81. The van der Waals surface area contributed by atoms with Crippen LogP contribution in [0.4, 0.5) is 10.1 Å². The van der Waals surface area contributed by atoms with E-state index in [2.05, 4.69) is 5.32 Å². The molecule has 0 aliphatic carbocycles. The third kappa shape index (κ3) is 4.56. The molecule has 0 spiro atoms. The molecule has 1 amide bonds. The maximum atomic E-state index is 13.4. The number of anilines is 1. The van der Waals surface area contributed by atoms with Crippen molar-refractivity contribution in [3.8, 4) is 0 Å². The minimum Gasteiger partial charge on any atom is -0.398 e. The summed E-state index contributed by atoms with van der Waals surface area (Å²) in [5.41, 5.74) is 6.98. The van der Waals surface area contributed by atoms with E-state index in [9.17, 15) is 9.18 Å². The van der Waals surface area contributed by atoms with Crippen molar-refractivity contribution in [3.63, 3.8) is 0 Å². The van der Waals surface area contributed by atoms with Crippen LogP contribution in [0.1, 0.15) is 15.9 Å². The molecule has 3 N–H and O–H groups in total. The molecule has 3 aromatic rings. The molecule has 26 heavy (non-hydrogen) atoms. The molecule has 6 heteroatoms. The second-order valence-electron chi connectivity index (χ2n) is 5.58. The molecular formula is C20H16ClFN2OS. The summed E-state index contributed by atoms with van der Waals surface area (Å²) in [6.07, 6.45) is 0. The fourth-order valence-corrected chi connectivity index (χ4v) is 3.54. The van der Waals surface area contributed by atoms with Crippen molar-refractivity contribution in [3.05, 3.63) is 88.7 Å². The smallest absolute Gasteiger partial charge is 0.253 e. The Balaban J connectivity index is 1.78. The van der Waals surface area contributed by atoms with E-state index in [0.717, 1.165) is 21.4 Å². The first-order chi connectivity index (χ1) is 12.5. The summed E-state index contributed by atoms with van der Waals surface area (Å²) >= 11 is 7.69. The van der Waals surface area contributed by atoms with Gasteiger partial charge in [-0.15, -0.1) is 0 Å². The highest BCUT2D eigenvalue weighted by Crippen LogP contribution is 2.32. The lowest BCUT2D eigenvalue weighted by atomic mass is 10.1. The molecule has 0 bridgehead atoms. The monoisotopic (exact) mass is 386 g/mol. The number of rotatable bonds is 5. The molecular weight excluding hydrogens is 371 g/mol. The van der Waals surface area contributed by atoms with E-state index in [-0.39, 0.29) is 17.8 Å². The molecule has 132 valence electrons. The van der Waals surface area contributed by atoms with Crippen LogP contribution in [-0.2, 0) is 6.54 Å². The lowest BCUT2D eigenvalue weighted by Gasteiger charge is -2.12. The first-order valence-electron chi connectivity index (χ1n) is 7.87. The molecule has 3 nitrogen and oxygen atoms in total. The lowest BCUT2D eigenvalue weighted by molar-refractivity contribution is 0.0951. The lowest BCUT2D eigenvalue weighted by Crippen LogP contribution is -2.24. The van der Waals surface area contributed by atoms with Crippen LogP contribution in [0.15, 0.2) is 76.5 Å². The van der Waals surface area contributed by atoms with Crippen LogP contribution in [0.25, 0.3) is 0 Å². The fourth-order valence-electron chi connectivity index (χ4n) is 2.40. The second kappa shape index (κ2) is 8.25. The van der Waals surface area contributed by atoms with Gasteiger partial charge in [-0.1, -0.05) is 41.6 Å². The molecule has 3 rings (SSSR count). The Morgan fingerprint density at radius 1 is 1.08 bits per heavy atom. The van der Waals surface area contributed by atoms with Gasteiger partial charge in [0, 0.05) is 27.0 Å². The molecule has 3 aromatic carbocycles. The van der Waals surface area contributed by atoms with E-state index < -0.39 is 11.7 Å². The zero-order valence-corrected chi connectivity index (χ0v) is 15.3. The second-order valence-corrected chi connectivity index (χ2v) is 7.13. The summed E-state index contributed by atoms with van der Waals surface area (Å²) in [5, 5.41) is 3.36. The van der Waals surface area contributed by atoms with Crippen molar-refractivity contribution >= 4 is 35.0 Å². The summed E-state index contributed by atoms with van der Waals surface area (Å²) in [7, 11) is 0. The fraction of sp³-hybridized carbons (Fsp3) is 0.0500. The Labute approximate surface area is 160 Å². The topological polar surface area (TPSA) is 55.1 Å². The summed E-state index contributed by atoms with van der Waals surface area (Å²) < 4.78 is 13.4. The van der Waals surface area contributed by atoms with E-state index in [1.807, 2.05) is 48.5 Å². The van der Waals surface area contributed by atoms with Crippen molar-refractivity contribution < 1.29 is 9.18 Å². The van der Waals surface area contributed by atoms with Crippen LogP contribution in [0, 0.1) is 5.82 Å². The minimum atomic E-state index is -0.507. The van der Waals surface area contributed by atoms with E-state index in [1.165, 1.54) is 12.1 Å². The molecule has 0 fully saturated rings. The highest BCUT2D eigenvalue weighted by molar-refractivity contribution is 7.99. The summed E-state index contributed by atoms with van der Waals surface area (Å²) in [4.78, 5) is 14.4. The molecule has 0 atom stereocenters. The van der Waals surface area contributed by atoms with Gasteiger partial charge in [-0.2, -0.15) is 0 Å². The number of hydrogen-bond acceptors (Lipinski definition) is 3. The highest BCUT2D eigenvalue weighted by Gasteiger charge is 2.12. The molecule has 0 radical (unpaired) electrons. The molecule has 0 aliphatic rings. The molecule has 0 unspecified atom stereocenters. The maximum Gasteiger partial charge on any atom is 0.253 e. The maximum absolute atomic E-state index is 13.4. The summed E-state index contributed by atoms with van der Waals surface area (Å²) in [5.74, 6) is -0.940. The SMILES string of the molecule is Nc1ccc(F)cc1C(=O)NCc1cc(Cl)ccc1Sc1ccccc1. The number of nitrogen functional groups attached to an aromatic ring is 1. The van der Waals surface area contributed by atoms with Crippen molar-refractivity contribution in [1.29, 1.82) is 0 Å². The van der Waals surface area contributed by atoms with Crippen molar-refractivity contribution in [1.82, 2.24) is 5.32 Å². The average molecular weight is 387 g/mol. The first kappa shape index (κ1) is 18.3.